The number of nitrogens with one attached hydrogen (secondary N) is 2. The van der Waals surface area contributed by atoms with Crippen molar-refractivity contribution in [1.82, 2.24) is 9.56 Å². The average Bonchev–Trinajstić information content (AvgIpc) is 2.68. The third-order valence-electron chi connectivity index (χ3n) is 4.48. The maximum atomic E-state index is 11.7. The molecule has 3 aromatic carbocycles. The van der Waals surface area contributed by atoms with Crippen molar-refractivity contribution in [2.24, 2.45) is 0 Å². The normalized spacial score (nSPS) is 12.7. The van der Waals surface area contributed by atoms with Gasteiger partial charge < -0.3 is 0 Å². The summed E-state index contributed by atoms with van der Waals surface area (Å²) in [6.45, 7) is 6.38. The zero-order chi connectivity index (χ0) is 22.1. The SMILES string of the molecule is CS(=O)(=O)N[C@@H](c1ccccc1)[C@@H](NCl)c1ccccc1.Cc1cc(C)cc(C)c1.[Ru]. The maximum Gasteiger partial charge on any atom is 0.209 e. The number of aryl methyl sites for hydroxylation is 3. The van der Waals surface area contributed by atoms with Crippen LogP contribution in [0.3, 0.4) is 0 Å². The molecule has 0 aliphatic rings. The van der Waals surface area contributed by atoms with Crippen LogP contribution in [0, 0.1) is 20.8 Å². The van der Waals surface area contributed by atoms with E-state index in [1.807, 2.05) is 60.7 Å². The molecule has 0 bridgehead atoms. The number of sulfonamides is 1. The second-order valence-corrected chi connectivity index (χ2v) is 9.44. The number of benzene rings is 3. The molecule has 31 heavy (non-hydrogen) atoms. The van der Waals surface area contributed by atoms with E-state index in [0.29, 0.717) is 0 Å². The van der Waals surface area contributed by atoms with Crippen molar-refractivity contribution in [3.8, 4) is 0 Å². The Morgan fingerprint density at radius 2 is 1.06 bits per heavy atom. The summed E-state index contributed by atoms with van der Waals surface area (Å²) in [5.41, 5.74) is 5.80. The minimum atomic E-state index is -3.38. The molecule has 0 fully saturated rings. The predicted molar refractivity (Wildman–Crippen MR) is 126 cm³/mol. The van der Waals surface area contributed by atoms with E-state index >= 15 is 0 Å². The Morgan fingerprint density at radius 3 is 1.39 bits per heavy atom. The zero-order valence-corrected chi connectivity index (χ0v) is 21.4. The first-order chi connectivity index (χ1) is 14.2. The third-order valence-corrected chi connectivity index (χ3v) is 5.39. The third kappa shape index (κ3) is 9.63. The Hall–Kier alpha value is -1.56. The van der Waals surface area contributed by atoms with E-state index in [0.717, 1.165) is 17.4 Å². The van der Waals surface area contributed by atoms with Crippen molar-refractivity contribution in [2.45, 2.75) is 32.9 Å². The fourth-order valence-electron chi connectivity index (χ4n) is 3.40. The van der Waals surface area contributed by atoms with Gasteiger partial charge in [-0.05, 0) is 43.7 Å². The molecule has 2 atom stereocenters. The van der Waals surface area contributed by atoms with Crippen LogP contribution in [-0.4, -0.2) is 14.7 Å². The standard InChI is InChI=1S/C15H17ClN2O2S.C9H12.Ru/c1-21(19,20)18-15(13-10-6-3-7-11-13)14(17-16)12-8-4-2-5-9-12;1-7-4-8(2)6-9(3)5-7;/h2-11,14-15,17-18H,1H3;4-6H,1-3H3;/t14-,15-;;/m0../s1. The molecule has 2 N–H and O–H groups in total. The molecule has 4 nitrogen and oxygen atoms in total. The molecule has 0 saturated carbocycles. The van der Waals surface area contributed by atoms with Gasteiger partial charge in [0.15, 0.2) is 0 Å². The van der Waals surface area contributed by atoms with Gasteiger partial charge in [-0.1, -0.05) is 95.6 Å². The molecule has 0 aliphatic carbocycles. The smallest absolute Gasteiger partial charge is 0.209 e. The van der Waals surface area contributed by atoms with Gasteiger partial charge >= 0.3 is 0 Å². The summed E-state index contributed by atoms with van der Waals surface area (Å²) < 4.78 is 26.0. The Morgan fingerprint density at radius 1 is 0.710 bits per heavy atom. The van der Waals surface area contributed by atoms with Gasteiger partial charge in [-0.15, -0.1) is 0 Å². The van der Waals surface area contributed by atoms with Gasteiger partial charge in [-0.2, -0.15) is 0 Å². The molecular weight excluding hydrogens is 517 g/mol. The van der Waals surface area contributed by atoms with Crippen molar-refractivity contribution in [3.05, 3.63) is 107 Å². The van der Waals surface area contributed by atoms with Crippen LogP contribution in [0.25, 0.3) is 0 Å². The molecule has 0 amide bonds. The largest absolute Gasteiger partial charge is 0.224 e. The first kappa shape index (κ1) is 27.5. The average molecular weight is 546 g/mol. The molecule has 0 spiro atoms. The Labute approximate surface area is 204 Å². The molecule has 0 unspecified atom stereocenters. The molecule has 3 aromatic rings. The van der Waals surface area contributed by atoms with E-state index in [1.165, 1.54) is 16.7 Å². The van der Waals surface area contributed by atoms with E-state index in [9.17, 15) is 8.42 Å². The summed E-state index contributed by atoms with van der Waals surface area (Å²) in [5, 5.41) is 0. The Balaban J connectivity index is 0.000000404. The first-order valence-corrected chi connectivity index (χ1v) is 11.9. The first-order valence-electron chi connectivity index (χ1n) is 9.68. The summed E-state index contributed by atoms with van der Waals surface area (Å²) >= 11 is 5.89. The molecule has 0 heterocycles. The molecule has 3 rings (SSSR count). The van der Waals surface area contributed by atoms with E-state index in [-0.39, 0.29) is 25.5 Å². The Bertz CT molecular complexity index is 981. The van der Waals surface area contributed by atoms with E-state index in [4.69, 9.17) is 11.8 Å². The van der Waals surface area contributed by atoms with Crippen molar-refractivity contribution >= 4 is 21.8 Å². The van der Waals surface area contributed by atoms with Gasteiger partial charge in [0, 0.05) is 19.5 Å². The fourth-order valence-corrected chi connectivity index (χ4v) is 4.39. The second kappa shape index (κ2) is 13.1. The minimum absolute atomic E-state index is 0. The number of hydrogen-bond acceptors (Lipinski definition) is 3. The topological polar surface area (TPSA) is 58.2 Å². The second-order valence-electron chi connectivity index (χ2n) is 7.44. The fraction of sp³-hybridized carbons (Fsp3) is 0.250. The van der Waals surface area contributed by atoms with E-state index in [2.05, 4.69) is 48.5 Å². The van der Waals surface area contributed by atoms with Crippen molar-refractivity contribution in [1.29, 1.82) is 0 Å². The van der Waals surface area contributed by atoms with Crippen LogP contribution in [-0.2, 0) is 29.5 Å². The van der Waals surface area contributed by atoms with Gasteiger partial charge in [0.25, 0.3) is 0 Å². The summed E-state index contributed by atoms with van der Waals surface area (Å²) in [7, 11) is -3.38. The van der Waals surface area contributed by atoms with Crippen molar-refractivity contribution < 1.29 is 27.9 Å². The van der Waals surface area contributed by atoms with Gasteiger partial charge in [-0.25, -0.2) is 18.0 Å². The molecule has 7 heteroatoms. The van der Waals surface area contributed by atoms with Crippen LogP contribution in [0.15, 0.2) is 78.9 Å². The van der Waals surface area contributed by atoms with Crippen LogP contribution in [0.2, 0.25) is 0 Å². The molecule has 0 radical (unpaired) electrons. The van der Waals surface area contributed by atoms with Crippen LogP contribution in [0.1, 0.15) is 39.9 Å². The minimum Gasteiger partial charge on any atom is -0.224 e. The monoisotopic (exact) mass is 546 g/mol. The molecule has 168 valence electrons. The van der Waals surface area contributed by atoms with Gasteiger partial charge in [0.2, 0.25) is 10.0 Å². The summed E-state index contributed by atoms with van der Waals surface area (Å²) in [6, 6.07) is 24.5. The van der Waals surface area contributed by atoms with Crippen molar-refractivity contribution in [2.75, 3.05) is 6.26 Å². The number of halogens is 1. The summed E-state index contributed by atoms with van der Waals surface area (Å²) in [6.07, 6.45) is 1.14. The van der Waals surface area contributed by atoms with Crippen LogP contribution >= 0.6 is 11.8 Å². The molecule has 0 aromatic heterocycles. The maximum absolute atomic E-state index is 11.7. The zero-order valence-electron chi connectivity index (χ0n) is 18.1. The van der Waals surface area contributed by atoms with Crippen LogP contribution in [0.4, 0.5) is 0 Å². The quantitative estimate of drug-likeness (QED) is 0.323. The van der Waals surface area contributed by atoms with Gasteiger partial charge in [0.05, 0.1) is 18.3 Å². The van der Waals surface area contributed by atoms with Crippen molar-refractivity contribution in [3.63, 3.8) is 0 Å². The number of hydrogen-bond donors (Lipinski definition) is 2. The van der Waals surface area contributed by atoms with E-state index < -0.39 is 16.1 Å². The Kier molecular flexibility index (Phi) is 11.6. The van der Waals surface area contributed by atoms with E-state index in [1.54, 1.807) is 0 Å². The van der Waals surface area contributed by atoms with Gasteiger partial charge in [0.1, 0.15) is 0 Å². The summed E-state index contributed by atoms with van der Waals surface area (Å²) in [5.74, 6) is 0. The summed E-state index contributed by atoms with van der Waals surface area (Å²) in [4.78, 5) is 2.68. The molecular formula is C24H29ClN2O2RuS. The van der Waals surface area contributed by atoms with Gasteiger partial charge in [-0.3, -0.25) is 0 Å². The molecule has 0 saturated heterocycles. The van der Waals surface area contributed by atoms with Crippen LogP contribution < -0.4 is 9.56 Å². The van der Waals surface area contributed by atoms with Crippen LogP contribution in [0.5, 0.6) is 0 Å². The number of rotatable bonds is 6. The predicted octanol–water partition coefficient (Wildman–Crippen LogP) is 5.37. The molecule has 0 aliphatic heterocycles.